The minimum atomic E-state index is -4.52. The summed E-state index contributed by atoms with van der Waals surface area (Å²) in [6, 6.07) is 12.8. The number of rotatable bonds is 5. The van der Waals surface area contributed by atoms with Gasteiger partial charge in [0.25, 0.3) is 5.91 Å². The molecule has 1 atom stereocenters. The van der Waals surface area contributed by atoms with Crippen molar-refractivity contribution in [2.75, 3.05) is 11.9 Å². The molecule has 10 heteroatoms. The molecule has 1 amide bonds. The summed E-state index contributed by atoms with van der Waals surface area (Å²) in [5.41, 5.74) is 6.27. The summed E-state index contributed by atoms with van der Waals surface area (Å²) in [5, 5.41) is 12.0. The Balaban J connectivity index is 1.45. The number of halogens is 3. The van der Waals surface area contributed by atoms with Crippen molar-refractivity contribution < 1.29 is 32.2 Å². The topological polar surface area (TPSA) is 114 Å². The molecule has 0 saturated carbocycles. The van der Waals surface area contributed by atoms with Crippen LogP contribution in [-0.2, 0) is 20.5 Å². The Morgan fingerprint density at radius 1 is 1.20 bits per heavy atom. The van der Waals surface area contributed by atoms with E-state index in [0.29, 0.717) is 41.9 Å². The lowest BCUT2D eigenvalue weighted by Crippen LogP contribution is -2.27. The summed E-state index contributed by atoms with van der Waals surface area (Å²) >= 11 is 0. The number of nitriles is 1. The third kappa shape index (κ3) is 5.14. The summed E-state index contributed by atoms with van der Waals surface area (Å²) in [7, 11) is 0. The molecule has 0 spiro atoms. The van der Waals surface area contributed by atoms with Gasteiger partial charge in [0.1, 0.15) is 23.2 Å². The predicted molar refractivity (Wildman–Crippen MR) is 119 cm³/mol. The Bertz CT molecular complexity index is 1270. The summed E-state index contributed by atoms with van der Waals surface area (Å²) < 4.78 is 49.5. The van der Waals surface area contributed by atoms with Gasteiger partial charge < -0.3 is 20.5 Å². The van der Waals surface area contributed by atoms with Crippen molar-refractivity contribution in [3.05, 3.63) is 82.4 Å². The number of benzene rings is 2. The van der Waals surface area contributed by atoms with Crippen LogP contribution in [0, 0.1) is 11.3 Å². The van der Waals surface area contributed by atoms with Crippen molar-refractivity contribution in [2.45, 2.75) is 31.4 Å². The molecule has 0 unspecified atom stereocenters. The van der Waals surface area contributed by atoms with E-state index in [1.165, 1.54) is 12.1 Å². The zero-order valence-electron chi connectivity index (χ0n) is 18.3. The van der Waals surface area contributed by atoms with Crippen molar-refractivity contribution >= 4 is 17.4 Å². The molecule has 0 bridgehead atoms. The van der Waals surface area contributed by atoms with Gasteiger partial charge in [-0.3, -0.25) is 9.59 Å². The Hall–Kier alpha value is -4.26. The van der Waals surface area contributed by atoms with Crippen molar-refractivity contribution in [3.8, 4) is 11.8 Å². The van der Waals surface area contributed by atoms with E-state index in [9.17, 15) is 28.0 Å². The Morgan fingerprint density at radius 3 is 2.63 bits per heavy atom. The molecule has 2 aromatic carbocycles. The molecule has 1 heterocycles. The lowest BCUT2D eigenvalue weighted by molar-refractivity contribution is -0.137. The van der Waals surface area contributed by atoms with Gasteiger partial charge in [0.15, 0.2) is 12.4 Å². The van der Waals surface area contributed by atoms with Crippen LogP contribution < -0.4 is 15.8 Å². The maximum absolute atomic E-state index is 12.8. The fourth-order valence-corrected chi connectivity index (χ4v) is 4.07. The van der Waals surface area contributed by atoms with E-state index in [1.807, 2.05) is 6.07 Å². The number of nitrogens with one attached hydrogen (secondary N) is 1. The molecule has 0 aromatic heterocycles. The second-order valence-electron chi connectivity index (χ2n) is 8.02. The van der Waals surface area contributed by atoms with Gasteiger partial charge in [0, 0.05) is 24.1 Å². The van der Waals surface area contributed by atoms with Gasteiger partial charge in [-0.15, -0.1) is 0 Å². The van der Waals surface area contributed by atoms with Crippen LogP contribution in [0.3, 0.4) is 0 Å². The molecule has 1 aliphatic carbocycles. The van der Waals surface area contributed by atoms with Crippen LogP contribution in [0.15, 0.2) is 71.3 Å². The number of nitrogens with two attached hydrogens (primary N) is 1. The van der Waals surface area contributed by atoms with E-state index in [1.54, 1.807) is 24.3 Å². The van der Waals surface area contributed by atoms with Crippen molar-refractivity contribution in [2.24, 2.45) is 5.73 Å². The second-order valence-corrected chi connectivity index (χ2v) is 8.02. The van der Waals surface area contributed by atoms with E-state index in [-0.39, 0.29) is 22.9 Å². The Kier molecular flexibility index (Phi) is 6.51. The molecule has 4 rings (SSSR count). The third-order valence-corrected chi connectivity index (χ3v) is 5.66. The lowest BCUT2D eigenvalue weighted by Gasteiger charge is -2.31. The highest BCUT2D eigenvalue weighted by molar-refractivity contribution is 5.99. The van der Waals surface area contributed by atoms with E-state index in [0.717, 1.165) is 12.1 Å². The Morgan fingerprint density at radius 2 is 1.94 bits per heavy atom. The number of ketones is 1. The minimum absolute atomic E-state index is 0.00192. The molecule has 3 N–H and O–H groups in total. The number of alkyl halides is 3. The minimum Gasteiger partial charge on any atom is -0.484 e. The van der Waals surface area contributed by atoms with Gasteiger partial charge >= 0.3 is 6.18 Å². The molecular formula is C25H20F3N3O4. The van der Waals surface area contributed by atoms with Gasteiger partial charge in [-0.2, -0.15) is 18.4 Å². The quantitative estimate of drug-likeness (QED) is 0.646. The van der Waals surface area contributed by atoms with Crippen LogP contribution in [0.1, 0.15) is 36.3 Å². The van der Waals surface area contributed by atoms with Crippen molar-refractivity contribution in [3.63, 3.8) is 0 Å². The maximum atomic E-state index is 12.8. The number of amides is 1. The first-order valence-corrected chi connectivity index (χ1v) is 10.7. The van der Waals surface area contributed by atoms with Crippen LogP contribution >= 0.6 is 0 Å². The van der Waals surface area contributed by atoms with Gasteiger partial charge in [-0.1, -0.05) is 18.2 Å². The largest absolute Gasteiger partial charge is 0.484 e. The number of nitrogens with zero attached hydrogens (tertiary/aromatic N) is 1. The zero-order chi connectivity index (χ0) is 25.2. The molecule has 180 valence electrons. The molecule has 2 aliphatic rings. The van der Waals surface area contributed by atoms with Gasteiger partial charge in [-0.25, -0.2) is 0 Å². The highest BCUT2D eigenvalue weighted by Crippen LogP contribution is 2.43. The van der Waals surface area contributed by atoms with Crippen molar-refractivity contribution in [1.82, 2.24) is 0 Å². The van der Waals surface area contributed by atoms with Crippen LogP contribution in [-0.4, -0.2) is 18.3 Å². The van der Waals surface area contributed by atoms with E-state index < -0.39 is 30.2 Å². The monoisotopic (exact) mass is 483 g/mol. The normalized spacial score (nSPS) is 17.9. The zero-order valence-corrected chi connectivity index (χ0v) is 18.3. The first-order valence-electron chi connectivity index (χ1n) is 10.7. The number of carbonyl (C=O) groups is 2. The summed E-state index contributed by atoms with van der Waals surface area (Å²) in [6.07, 6.45) is -2.96. The molecule has 2 aromatic rings. The highest BCUT2D eigenvalue weighted by Gasteiger charge is 2.38. The second kappa shape index (κ2) is 9.54. The van der Waals surface area contributed by atoms with Gasteiger partial charge in [0.2, 0.25) is 5.88 Å². The molecule has 0 radical (unpaired) electrons. The number of anilines is 1. The van der Waals surface area contributed by atoms with Gasteiger partial charge in [0.05, 0.1) is 11.5 Å². The van der Waals surface area contributed by atoms with Crippen LogP contribution in [0.2, 0.25) is 0 Å². The molecule has 0 fully saturated rings. The fourth-order valence-electron chi connectivity index (χ4n) is 4.07. The molecule has 0 saturated heterocycles. The first-order chi connectivity index (χ1) is 16.7. The third-order valence-electron chi connectivity index (χ3n) is 5.66. The van der Waals surface area contributed by atoms with E-state index in [2.05, 4.69) is 5.32 Å². The van der Waals surface area contributed by atoms with Crippen LogP contribution in [0.5, 0.6) is 5.75 Å². The smallest absolute Gasteiger partial charge is 0.416 e. The average molecular weight is 483 g/mol. The highest BCUT2D eigenvalue weighted by atomic mass is 19.4. The average Bonchev–Trinajstić information content (AvgIpc) is 2.82. The molecule has 1 aliphatic heterocycles. The van der Waals surface area contributed by atoms with Crippen molar-refractivity contribution in [1.29, 1.82) is 5.26 Å². The molecular weight excluding hydrogens is 463 g/mol. The summed E-state index contributed by atoms with van der Waals surface area (Å²) in [6.45, 7) is -0.434. The van der Waals surface area contributed by atoms with E-state index >= 15 is 0 Å². The number of ether oxygens (including phenoxy) is 2. The number of hydrogen-bond acceptors (Lipinski definition) is 6. The first kappa shape index (κ1) is 23.9. The number of carbonyl (C=O) groups excluding carboxylic acids is 2. The van der Waals surface area contributed by atoms with E-state index in [4.69, 9.17) is 15.2 Å². The molecule has 35 heavy (non-hydrogen) atoms. The SMILES string of the molecule is N#CC1=C(N)OC2=C(C(=O)CCC2)[C@H]1c1ccc(OCC(=O)Nc2cccc(C(F)(F)F)c2)cc1. The van der Waals surface area contributed by atoms with Crippen LogP contribution in [0.4, 0.5) is 18.9 Å². The molecule has 7 nitrogen and oxygen atoms in total. The van der Waals surface area contributed by atoms with Gasteiger partial charge in [-0.05, 0) is 42.3 Å². The van der Waals surface area contributed by atoms with Crippen LogP contribution in [0.25, 0.3) is 0 Å². The standard InChI is InChI=1S/C25H20F3N3O4/c26-25(27,28)15-3-1-4-16(11-15)31-21(33)13-34-17-9-7-14(8-10-17)22-18(12-29)24(30)35-20-6-2-5-19(32)23(20)22/h1,3-4,7-11,22H,2,5-6,13,30H2,(H,31,33)/t22-/m0/s1. The summed E-state index contributed by atoms with van der Waals surface area (Å²) in [4.78, 5) is 24.8. The number of Topliss-reactive ketones (excluding diaryl/α,β-unsaturated/α-hetero) is 1. The summed E-state index contributed by atoms with van der Waals surface area (Å²) in [5.74, 6) is -0.618. The maximum Gasteiger partial charge on any atom is 0.416 e. The predicted octanol–water partition coefficient (Wildman–Crippen LogP) is 4.54. The fraction of sp³-hybridized carbons (Fsp3) is 0.240. The lowest BCUT2D eigenvalue weighted by atomic mass is 9.77. The number of hydrogen-bond donors (Lipinski definition) is 2. The number of allylic oxidation sites excluding steroid dienone is 3. The Labute approximate surface area is 198 Å².